The molecule has 0 aliphatic carbocycles. The number of hydrogen-bond acceptors (Lipinski definition) is 3. The largest absolute Gasteiger partial charge is 0.480 e. The average Bonchev–Trinajstić information content (AvgIpc) is 2.94. The molecule has 1 N–H and O–H groups in total. The zero-order valence-electron chi connectivity index (χ0n) is 11.3. The van der Waals surface area contributed by atoms with Crippen LogP contribution in [0.1, 0.15) is 48.9 Å². The molecule has 4 heteroatoms. The lowest BCUT2D eigenvalue weighted by molar-refractivity contribution is -0.151. The lowest BCUT2D eigenvalue weighted by Crippen LogP contribution is -2.50. The fraction of sp³-hybridized carbons (Fsp3) is 0.643. The molecular formula is C14H21NO2S. The van der Waals surface area contributed by atoms with Gasteiger partial charge in [0.25, 0.3) is 0 Å². The van der Waals surface area contributed by atoms with Crippen molar-refractivity contribution in [2.24, 2.45) is 0 Å². The molecule has 0 spiro atoms. The third-order valence-corrected chi connectivity index (χ3v) is 5.33. The smallest absolute Gasteiger partial charge is 0.324 e. The molecule has 2 rings (SSSR count). The standard InChI is InChI=1S/C14H21NO2S/c1-4-14(13(16)17)8-5-9-15(14)11(3)12-7-6-10(2)18-12/h6-7,11H,4-5,8-9H2,1-3H3,(H,16,17). The molecule has 2 unspecified atom stereocenters. The van der Waals surface area contributed by atoms with Gasteiger partial charge in [0.15, 0.2) is 0 Å². The quantitative estimate of drug-likeness (QED) is 0.908. The van der Waals surface area contributed by atoms with Crippen LogP contribution < -0.4 is 0 Å². The van der Waals surface area contributed by atoms with Gasteiger partial charge in [0.2, 0.25) is 0 Å². The number of hydrogen-bond donors (Lipinski definition) is 1. The summed E-state index contributed by atoms with van der Waals surface area (Å²) in [6.07, 6.45) is 2.43. The van der Waals surface area contributed by atoms with E-state index in [0.717, 1.165) is 19.4 Å². The van der Waals surface area contributed by atoms with Gasteiger partial charge in [-0.15, -0.1) is 11.3 Å². The number of likely N-dealkylation sites (tertiary alicyclic amines) is 1. The first kappa shape index (κ1) is 13.6. The molecule has 0 amide bonds. The van der Waals surface area contributed by atoms with E-state index in [0.29, 0.717) is 6.42 Å². The lowest BCUT2D eigenvalue weighted by atomic mass is 9.92. The summed E-state index contributed by atoms with van der Waals surface area (Å²) in [7, 11) is 0. The third-order valence-electron chi connectivity index (χ3n) is 4.16. The molecule has 1 aromatic rings. The van der Waals surface area contributed by atoms with Crippen LogP contribution in [0.2, 0.25) is 0 Å². The van der Waals surface area contributed by atoms with Crippen molar-refractivity contribution in [2.75, 3.05) is 6.54 Å². The van der Waals surface area contributed by atoms with Crippen molar-refractivity contribution in [2.45, 2.75) is 51.6 Å². The molecule has 1 aromatic heterocycles. The Morgan fingerprint density at radius 1 is 1.61 bits per heavy atom. The molecule has 3 nitrogen and oxygen atoms in total. The van der Waals surface area contributed by atoms with E-state index >= 15 is 0 Å². The monoisotopic (exact) mass is 267 g/mol. The van der Waals surface area contributed by atoms with Crippen LogP contribution in [0.5, 0.6) is 0 Å². The maximum absolute atomic E-state index is 11.7. The Morgan fingerprint density at radius 2 is 2.33 bits per heavy atom. The Balaban J connectivity index is 2.29. The number of rotatable bonds is 4. The van der Waals surface area contributed by atoms with Crippen molar-refractivity contribution in [1.82, 2.24) is 4.90 Å². The molecule has 18 heavy (non-hydrogen) atoms. The zero-order valence-corrected chi connectivity index (χ0v) is 12.1. The highest BCUT2D eigenvalue weighted by atomic mass is 32.1. The average molecular weight is 267 g/mol. The second kappa shape index (κ2) is 5.02. The molecule has 0 aromatic carbocycles. The highest BCUT2D eigenvalue weighted by Gasteiger charge is 2.48. The van der Waals surface area contributed by atoms with Gasteiger partial charge in [-0.05, 0) is 51.8 Å². The van der Waals surface area contributed by atoms with Gasteiger partial charge in [-0.1, -0.05) is 6.92 Å². The third kappa shape index (κ3) is 2.08. The minimum absolute atomic E-state index is 0.197. The van der Waals surface area contributed by atoms with Crippen molar-refractivity contribution < 1.29 is 9.90 Å². The van der Waals surface area contributed by atoms with E-state index in [1.165, 1.54) is 9.75 Å². The normalized spacial score (nSPS) is 26.4. The van der Waals surface area contributed by atoms with Gasteiger partial charge < -0.3 is 5.11 Å². The number of carboxylic acids is 1. The minimum atomic E-state index is -0.664. The van der Waals surface area contributed by atoms with Crippen LogP contribution in [0, 0.1) is 6.92 Å². The summed E-state index contributed by atoms with van der Waals surface area (Å²) in [5.74, 6) is -0.664. The van der Waals surface area contributed by atoms with Crippen LogP contribution in [0.4, 0.5) is 0 Å². The number of carboxylic acid groups (broad SMARTS) is 1. The summed E-state index contributed by atoms with van der Waals surface area (Å²) in [6.45, 7) is 7.09. The van der Waals surface area contributed by atoms with Crippen molar-refractivity contribution in [3.63, 3.8) is 0 Å². The SMILES string of the molecule is CCC1(C(=O)O)CCCN1C(C)c1ccc(C)s1. The molecule has 1 saturated heterocycles. The number of nitrogens with zero attached hydrogens (tertiary/aromatic N) is 1. The van der Waals surface area contributed by atoms with E-state index < -0.39 is 11.5 Å². The molecule has 1 aliphatic heterocycles. The van der Waals surface area contributed by atoms with Crippen molar-refractivity contribution >= 4 is 17.3 Å². The molecular weight excluding hydrogens is 246 g/mol. The molecule has 2 atom stereocenters. The van der Waals surface area contributed by atoms with Crippen LogP contribution in [-0.2, 0) is 4.79 Å². The molecule has 2 heterocycles. The summed E-state index contributed by atoms with van der Waals surface area (Å²) in [6, 6.07) is 4.44. The first-order chi connectivity index (χ1) is 8.51. The van der Waals surface area contributed by atoms with Crippen LogP contribution in [0.3, 0.4) is 0 Å². The number of aryl methyl sites for hydroxylation is 1. The second-order valence-corrected chi connectivity index (χ2v) is 6.43. The maximum atomic E-state index is 11.7. The van der Waals surface area contributed by atoms with Crippen LogP contribution >= 0.6 is 11.3 Å². The number of thiophene rings is 1. The number of aliphatic carboxylic acids is 1. The highest BCUT2D eigenvalue weighted by Crippen LogP contribution is 2.40. The topological polar surface area (TPSA) is 40.5 Å². The first-order valence-electron chi connectivity index (χ1n) is 6.57. The summed E-state index contributed by atoms with van der Waals surface area (Å²) in [5, 5.41) is 9.60. The summed E-state index contributed by atoms with van der Waals surface area (Å²) < 4.78 is 0. The van der Waals surface area contributed by atoms with E-state index in [1.807, 2.05) is 6.92 Å². The fourth-order valence-corrected chi connectivity index (χ4v) is 4.00. The van der Waals surface area contributed by atoms with E-state index in [9.17, 15) is 9.90 Å². The Kier molecular flexibility index (Phi) is 3.78. The van der Waals surface area contributed by atoms with Crippen LogP contribution in [0.15, 0.2) is 12.1 Å². The van der Waals surface area contributed by atoms with Gasteiger partial charge in [-0.2, -0.15) is 0 Å². The van der Waals surface area contributed by atoms with E-state index in [2.05, 4.69) is 30.9 Å². The number of carbonyl (C=O) groups is 1. The highest BCUT2D eigenvalue weighted by molar-refractivity contribution is 7.12. The first-order valence-corrected chi connectivity index (χ1v) is 7.39. The zero-order chi connectivity index (χ0) is 13.3. The molecule has 0 bridgehead atoms. The summed E-state index contributed by atoms with van der Waals surface area (Å²) >= 11 is 1.77. The Bertz CT molecular complexity index is 443. The Hall–Kier alpha value is -0.870. The van der Waals surface area contributed by atoms with Crippen LogP contribution in [0.25, 0.3) is 0 Å². The van der Waals surface area contributed by atoms with E-state index in [-0.39, 0.29) is 6.04 Å². The van der Waals surface area contributed by atoms with E-state index in [4.69, 9.17) is 0 Å². The second-order valence-electron chi connectivity index (χ2n) is 5.11. The van der Waals surface area contributed by atoms with Gasteiger partial charge in [0.05, 0.1) is 0 Å². The van der Waals surface area contributed by atoms with Gasteiger partial charge >= 0.3 is 5.97 Å². The predicted octanol–water partition coefficient (Wildman–Crippen LogP) is 3.45. The molecule has 1 aliphatic rings. The molecule has 0 saturated carbocycles. The van der Waals surface area contributed by atoms with E-state index in [1.54, 1.807) is 11.3 Å². The molecule has 100 valence electrons. The van der Waals surface area contributed by atoms with Gasteiger partial charge in [-0.25, -0.2) is 0 Å². The van der Waals surface area contributed by atoms with Gasteiger partial charge in [-0.3, -0.25) is 9.69 Å². The van der Waals surface area contributed by atoms with Gasteiger partial charge in [0.1, 0.15) is 5.54 Å². The van der Waals surface area contributed by atoms with Gasteiger partial charge in [0, 0.05) is 15.8 Å². The van der Waals surface area contributed by atoms with Crippen LogP contribution in [-0.4, -0.2) is 28.1 Å². The predicted molar refractivity (Wildman–Crippen MR) is 74.1 cm³/mol. The minimum Gasteiger partial charge on any atom is -0.480 e. The van der Waals surface area contributed by atoms with Crippen molar-refractivity contribution in [3.8, 4) is 0 Å². The molecule has 1 fully saturated rings. The maximum Gasteiger partial charge on any atom is 0.324 e. The molecule has 0 radical (unpaired) electrons. The summed E-state index contributed by atoms with van der Waals surface area (Å²) in [5.41, 5.74) is -0.655. The summed E-state index contributed by atoms with van der Waals surface area (Å²) in [4.78, 5) is 16.4. The fourth-order valence-electron chi connectivity index (χ4n) is 3.06. The Morgan fingerprint density at radius 3 is 2.83 bits per heavy atom. The Labute approximate surface area is 112 Å². The lowest BCUT2D eigenvalue weighted by Gasteiger charge is -2.37. The van der Waals surface area contributed by atoms with Crippen molar-refractivity contribution in [1.29, 1.82) is 0 Å². The van der Waals surface area contributed by atoms with Crippen molar-refractivity contribution in [3.05, 3.63) is 21.9 Å².